The molecule has 0 radical (unpaired) electrons. The number of rotatable bonds is 2. The van der Waals surface area contributed by atoms with Crippen molar-refractivity contribution < 1.29 is 29.0 Å². The van der Waals surface area contributed by atoms with E-state index in [0.717, 1.165) is 5.57 Å². The molecule has 8 heteroatoms. The van der Waals surface area contributed by atoms with Gasteiger partial charge in [0, 0.05) is 5.92 Å². The Labute approximate surface area is 166 Å². The van der Waals surface area contributed by atoms with Gasteiger partial charge < -0.3 is 9.84 Å². The Bertz CT molecular complexity index is 999. The van der Waals surface area contributed by atoms with E-state index < -0.39 is 29.6 Å². The molecule has 6 atom stereocenters. The molecule has 2 aliphatic carbocycles. The number of carbonyl (C=O) groups excluding carboxylic acids is 4. The quantitative estimate of drug-likeness (QED) is 0.497. The molecule has 4 aliphatic rings. The van der Waals surface area contributed by atoms with Crippen LogP contribution < -0.4 is 15.4 Å². The standard InChI is InChI=1S/C21H20N2O6/c1-29-14-5-2-8(6-13(14)24)15-9-3-4-10-16(20(27)22-18(10)25)11(9)7-12-17(15)21(28)23-19(12)26/h2-3,5-6,10-12,15-17,24H,4,7H2,1H3,(H,22,25,27)(H,23,26,28). The van der Waals surface area contributed by atoms with E-state index in [2.05, 4.69) is 10.6 Å². The van der Waals surface area contributed by atoms with Crippen molar-refractivity contribution in [2.24, 2.45) is 29.6 Å². The monoisotopic (exact) mass is 396 g/mol. The van der Waals surface area contributed by atoms with Crippen LogP contribution in [0.4, 0.5) is 0 Å². The number of ether oxygens (including phenoxy) is 1. The average Bonchev–Trinajstić information content (AvgIpc) is 3.15. The van der Waals surface area contributed by atoms with Gasteiger partial charge in [-0.2, -0.15) is 0 Å². The number of phenolic OH excluding ortho intramolecular Hbond substituents is 1. The first kappa shape index (κ1) is 17.9. The van der Waals surface area contributed by atoms with Crippen LogP contribution in [0.2, 0.25) is 0 Å². The average molecular weight is 396 g/mol. The van der Waals surface area contributed by atoms with Gasteiger partial charge in [0.1, 0.15) is 0 Å². The first-order valence-electron chi connectivity index (χ1n) is 9.67. The minimum Gasteiger partial charge on any atom is -0.504 e. The molecule has 2 heterocycles. The van der Waals surface area contributed by atoms with E-state index in [1.807, 2.05) is 6.08 Å². The van der Waals surface area contributed by atoms with Crippen molar-refractivity contribution in [2.45, 2.75) is 18.8 Å². The van der Waals surface area contributed by atoms with Crippen molar-refractivity contribution in [3.05, 3.63) is 35.4 Å². The minimum atomic E-state index is -0.602. The number of amides is 4. The fourth-order valence-electron chi connectivity index (χ4n) is 5.68. The third-order valence-electron chi connectivity index (χ3n) is 6.90. The summed E-state index contributed by atoms with van der Waals surface area (Å²) in [6.07, 6.45) is 2.72. The summed E-state index contributed by atoms with van der Waals surface area (Å²) in [6.45, 7) is 0. The highest BCUT2D eigenvalue weighted by molar-refractivity contribution is 6.07. The van der Waals surface area contributed by atoms with Crippen LogP contribution in [0.3, 0.4) is 0 Å². The maximum absolute atomic E-state index is 12.6. The number of aromatic hydroxyl groups is 1. The summed E-state index contributed by atoms with van der Waals surface area (Å²) in [5, 5.41) is 15.1. The van der Waals surface area contributed by atoms with Gasteiger partial charge in [-0.05, 0) is 36.5 Å². The number of imide groups is 2. The van der Waals surface area contributed by atoms with Crippen LogP contribution in [0.5, 0.6) is 11.5 Å². The first-order valence-corrected chi connectivity index (χ1v) is 9.67. The molecule has 3 fully saturated rings. The second-order valence-corrected chi connectivity index (χ2v) is 8.16. The molecule has 5 rings (SSSR count). The molecule has 1 aromatic rings. The van der Waals surface area contributed by atoms with Crippen molar-refractivity contribution in [1.29, 1.82) is 0 Å². The third kappa shape index (κ3) is 2.44. The van der Waals surface area contributed by atoms with Crippen molar-refractivity contribution in [3.8, 4) is 11.5 Å². The lowest BCUT2D eigenvalue weighted by molar-refractivity contribution is -0.128. The lowest BCUT2D eigenvalue weighted by Crippen LogP contribution is -2.42. The van der Waals surface area contributed by atoms with Crippen molar-refractivity contribution in [2.75, 3.05) is 7.11 Å². The SMILES string of the molecule is COc1ccc(C2C3=CCC4C(=O)NC(=O)C4C3CC3C(=O)NC(=O)C32)cc1O. The van der Waals surface area contributed by atoms with Gasteiger partial charge in [-0.3, -0.25) is 29.8 Å². The zero-order valence-electron chi connectivity index (χ0n) is 15.7. The number of carbonyl (C=O) groups is 4. The number of benzene rings is 1. The van der Waals surface area contributed by atoms with Gasteiger partial charge in [0.2, 0.25) is 23.6 Å². The number of fused-ring (bicyclic) bond motifs is 4. The number of methoxy groups -OCH3 is 1. The second kappa shape index (κ2) is 6.17. The molecule has 0 spiro atoms. The topological polar surface area (TPSA) is 122 Å². The molecule has 3 N–H and O–H groups in total. The smallest absolute Gasteiger partial charge is 0.231 e. The van der Waals surface area contributed by atoms with Crippen LogP contribution in [0.15, 0.2) is 29.8 Å². The molecule has 29 heavy (non-hydrogen) atoms. The van der Waals surface area contributed by atoms with E-state index in [1.54, 1.807) is 18.2 Å². The second-order valence-electron chi connectivity index (χ2n) is 8.16. The molecule has 0 aromatic heterocycles. The maximum Gasteiger partial charge on any atom is 0.231 e. The van der Waals surface area contributed by atoms with Crippen LogP contribution in [-0.2, 0) is 19.2 Å². The summed E-state index contributed by atoms with van der Waals surface area (Å²) >= 11 is 0. The predicted octanol–water partition coefficient (Wildman–Crippen LogP) is 0.612. The summed E-state index contributed by atoms with van der Waals surface area (Å²) in [4.78, 5) is 49.8. The molecule has 0 bridgehead atoms. The van der Waals surface area contributed by atoms with Crippen LogP contribution in [0.25, 0.3) is 0 Å². The summed E-state index contributed by atoms with van der Waals surface area (Å²) < 4.78 is 5.11. The van der Waals surface area contributed by atoms with E-state index in [9.17, 15) is 24.3 Å². The summed E-state index contributed by atoms with van der Waals surface area (Å²) in [6, 6.07) is 4.94. The zero-order valence-corrected chi connectivity index (χ0v) is 15.7. The van der Waals surface area contributed by atoms with Crippen LogP contribution in [0, 0.1) is 29.6 Å². The number of hydrogen-bond acceptors (Lipinski definition) is 6. The molecule has 6 unspecified atom stereocenters. The highest BCUT2D eigenvalue weighted by atomic mass is 16.5. The van der Waals surface area contributed by atoms with Gasteiger partial charge in [0.05, 0.1) is 30.8 Å². The number of nitrogens with one attached hydrogen (secondary N) is 2. The Balaban J connectivity index is 1.64. The Morgan fingerprint density at radius 3 is 2.31 bits per heavy atom. The summed E-state index contributed by atoms with van der Waals surface area (Å²) in [5.74, 6) is -3.89. The molecule has 4 amide bonds. The molecular weight excluding hydrogens is 376 g/mol. The van der Waals surface area contributed by atoms with E-state index in [0.29, 0.717) is 24.2 Å². The van der Waals surface area contributed by atoms with Crippen molar-refractivity contribution in [1.82, 2.24) is 10.6 Å². The van der Waals surface area contributed by atoms with Gasteiger partial charge in [-0.25, -0.2) is 0 Å². The highest BCUT2D eigenvalue weighted by Gasteiger charge is 2.58. The zero-order chi connectivity index (χ0) is 20.4. The Kier molecular flexibility index (Phi) is 3.81. The fourth-order valence-corrected chi connectivity index (χ4v) is 5.68. The normalized spacial score (nSPS) is 35.3. The summed E-state index contributed by atoms with van der Waals surface area (Å²) in [5.41, 5.74) is 1.58. The van der Waals surface area contributed by atoms with E-state index in [4.69, 9.17) is 4.74 Å². The summed E-state index contributed by atoms with van der Waals surface area (Å²) in [7, 11) is 1.45. The molecule has 1 aromatic carbocycles. The van der Waals surface area contributed by atoms with Gasteiger partial charge in [-0.15, -0.1) is 0 Å². The lowest BCUT2D eigenvalue weighted by Gasteiger charge is -2.44. The Morgan fingerprint density at radius 1 is 0.931 bits per heavy atom. The lowest BCUT2D eigenvalue weighted by atomic mass is 9.57. The molecule has 150 valence electrons. The molecule has 1 saturated carbocycles. The first-order chi connectivity index (χ1) is 13.9. The van der Waals surface area contributed by atoms with Gasteiger partial charge in [0.25, 0.3) is 0 Å². The molecular formula is C21H20N2O6. The number of allylic oxidation sites excluding steroid dienone is 2. The minimum absolute atomic E-state index is 0.0588. The largest absolute Gasteiger partial charge is 0.504 e. The van der Waals surface area contributed by atoms with Crippen LogP contribution in [0.1, 0.15) is 24.3 Å². The van der Waals surface area contributed by atoms with Crippen molar-refractivity contribution >= 4 is 23.6 Å². The highest BCUT2D eigenvalue weighted by Crippen LogP contribution is 2.56. The predicted molar refractivity (Wildman–Crippen MR) is 98.5 cm³/mol. The van der Waals surface area contributed by atoms with Gasteiger partial charge >= 0.3 is 0 Å². The van der Waals surface area contributed by atoms with Crippen LogP contribution >= 0.6 is 0 Å². The molecule has 2 saturated heterocycles. The van der Waals surface area contributed by atoms with E-state index >= 15 is 0 Å². The fraction of sp³-hybridized carbons (Fsp3) is 0.429. The molecule has 2 aliphatic heterocycles. The van der Waals surface area contributed by atoms with E-state index in [-0.39, 0.29) is 35.3 Å². The molecule has 8 nitrogen and oxygen atoms in total. The third-order valence-corrected chi connectivity index (χ3v) is 6.90. The Hall–Kier alpha value is -3.16. The Morgan fingerprint density at radius 2 is 1.62 bits per heavy atom. The van der Waals surface area contributed by atoms with Crippen molar-refractivity contribution in [3.63, 3.8) is 0 Å². The number of hydrogen-bond donors (Lipinski definition) is 3. The van der Waals surface area contributed by atoms with Gasteiger partial charge in [0.15, 0.2) is 11.5 Å². The number of phenols is 1. The van der Waals surface area contributed by atoms with Crippen LogP contribution in [-0.4, -0.2) is 35.8 Å². The maximum atomic E-state index is 12.6. The van der Waals surface area contributed by atoms with Gasteiger partial charge in [-0.1, -0.05) is 17.7 Å². The van der Waals surface area contributed by atoms with E-state index in [1.165, 1.54) is 7.11 Å².